The summed E-state index contributed by atoms with van der Waals surface area (Å²) in [5.74, 6) is 0.0866. The molecule has 0 radical (unpaired) electrons. The molecule has 0 aliphatic rings. The Morgan fingerprint density at radius 1 is 0.913 bits per heavy atom. The molecule has 2 heterocycles. The molecular formula is C20H15NOS. The van der Waals surface area contributed by atoms with Crippen LogP contribution in [0.15, 0.2) is 72.4 Å². The Bertz CT molecular complexity index is 990. The van der Waals surface area contributed by atoms with Gasteiger partial charge in [0.05, 0.1) is 4.88 Å². The number of thiophene rings is 1. The van der Waals surface area contributed by atoms with Crippen molar-refractivity contribution in [2.45, 2.75) is 0 Å². The summed E-state index contributed by atoms with van der Waals surface area (Å²) in [7, 11) is 1.96. The summed E-state index contributed by atoms with van der Waals surface area (Å²) in [6, 6.07) is 18.3. The molecule has 2 aromatic heterocycles. The maximum atomic E-state index is 12.8. The standard InChI is InChI=1S/C20H15NOS/c1-21-12-17(18(13-21)20(22)19-10-5-11-23-19)16-9-4-7-14-6-2-3-8-15(14)16/h2-13H,1H3. The van der Waals surface area contributed by atoms with Gasteiger partial charge in [-0.2, -0.15) is 0 Å². The normalized spacial score (nSPS) is 11.0. The average Bonchev–Trinajstić information content (AvgIpc) is 3.23. The fraction of sp³-hybridized carbons (Fsp3) is 0.0500. The predicted octanol–water partition coefficient (Wildman–Crippen LogP) is 5.14. The van der Waals surface area contributed by atoms with E-state index in [0.717, 1.165) is 21.6 Å². The molecule has 0 aliphatic carbocycles. The van der Waals surface area contributed by atoms with Crippen LogP contribution in [0, 0.1) is 0 Å². The van der Waals surface area contributed by atoms with Crippen LogP contribution in [0.25, 0.3) is 21.9 Å². The second-order valence-corrected chi connectivity index (χ2v) is 6.53. The summed E-state index contributed by atoms with van der Waals surface area (Å²) in [5, 5.41) is 4.29. The monoisotopic (exact) mass is 317 g/mol. The van der Waals surface area contributed by atoms with E-state index in [1.54, 1.807) is 0 Å². The summed E-state index contributed by atoms with van der Waals surface area (Å²) >= 11 is 1.48. The zero-order valence-electron chi connectivity index (χ0n) is 12.7. The van der Waals surface area contributed by atoms with Crippen molar-refractivity contribution in [3.63, 3.8) is 0 Å². The first-order valence-corrected chi connectivity index (χ1v) is 8.34. The largest absolute Gasteiger partial charge is 0.356 e. The molecule has 3 heteroatoms. The third-order valence-electron chi connectivity index (χ3n) is 4.03. The van der Waals surface area contributed by atoms with Gasteiger partial charge in [-0.3, -0.25) is 4.79 Å². The first kappa shape index (κ1) is 14.0. The number of hydrogen-bond donors (Lipinski definition) is 0. The molecule has 23 heavy (non-hydrogen) atoms. The van der Waals surface area contributed by atoms with E-state index in [-0.39, 0.29) is 5.78 Å². The second-order valence-electron chi connectivity index (χ2n) is 5.58. The minimum Gasteiger partial charge on any atom is -0.356 e. The van der Waals surface area contributed by atoms with Gasteiger partial charge in [0.1, 0.15) is 0 Å². The number of rotatable bonds is 3. The Morgan fingerprint density at radius 3 is 2.57 bits per heavy atom. The van der Waals surface area contributed by atoms with E-state index in [9.17, 15) is 4.79 Å². The van der Waals surface area contributed by atoms with Gasteiger partial charge in [-0.05, 0) is 27.8 Å². The number of aryl methyl sites for hydroxylation is 1. The molecule has 2 nitrogen and oxygen atoms in total. The van der Waals surface area contributed by atoms with Crippen LogP contribution < -0.4 is 0 Å². The van der Waals surface area contributed by atoms with Gasteiger partial charge in [-0.1, -0.05) is 48.5 Å². The first-order chi connectivity index (χ1) is 11.2. The lowest BCUT2D eigenvalue weighted by Gasteiger charge is -2.07. The number of nitrogens with zero attached hydrogens (tertiary/aromatic N) is 1. The maximum Gasteiger partial charge on any atom is 0.205 e. The highest BCUT2D eigenvalue weighted by Crippen LogP contribution is 2.33. The van der Waals surface area contributed by atoms with Gasteiger partial charge in [0.2, 0.25) is 5.78 Å². The smallest absolute Gasteiger partial charge is 0.205 e. The molecule has 0 amide bonds. The van der Waals surface area contributed by atoms with Crippen molar-refractivity contribution in [2.75, 3.05) is 0 Å². The van der Waals surface area contributed by atoms with Crippen LogP contribution in [0.2, 0.25) is 0 Å². The topological polar surface area (TPSA) is 22.0 Å². The number of hydrogen-bond acceptors (Lipinski definition) is 2. The van der Waals surface area contributed by atoms with Crippen LogP contribution in [-0.2, 0) is 7.05 Å². The molecule has 0 atom stereocenters. The van der Waals surface area contributed by atoms with Gasteiger partial charge in [0, 0.05) is 30.6 Å². The van der Waals surface area contributed by atoms with E-state index < -0.39 is 0 Å². The maximum absolute atomic E-state index is 12.8. The predicted molar refractivity (Wildman–Crippen MR) is 96.1 cm³/mol. The van der Waals surface area contributed by atoms with E-state index in [2.05, 4.69) is 24.3 Å². The Balaban J connectivity index is 1.94. The summed E-state index contributed by atoms with van der Waals surface area (Å²) in [5.41, 5.74) is 2.85. The van der Waals surface area contributed by atoms with Crippen molar-refractivity contribution in [1.29, 1.82) is 0 Å². The van der Waals surface area contributed by atoms with Crippen molar-refractivity contribution in [2.24, 2.45) is 7.05 Å². The van der Waals surface area contributed by atoms with Crippen LogP contribution in [0.4, 0.5) is 0 Å². The van der Waals surface area contributed by atoms with Gasteiger partial charge < -0.3 is 4.57 Å². The van der Waals surface area contributed by atoms with E-state index in [4.69, 9.17) is 0 Å². The van der Waals surface area contributed by atoms with E-state index in [1.807, 2.05) is 59.7 Å². The Morgan fingerprint density at radius 2 is 1.74 bits per heavy atom. The Kier molecular flexibility index (Phi) is 3.36. The summed E-state index contributed by atoms with van der Waals surface area (Å²) in [6.45, 7) is 0. The molecule has 0 N–H and O–H groups in total. The lowest BCUT2D eigenvalue weighted by molar-refractivity contribution is 0.104. The molecule has 4 rings (SSSR count). The molecule has 112 valence electrons. The first-order valence-electron chi connectivity index (χ1n) is 7.46. The highest BCUT2D eigenvalue weighted by Gasteiger charge is 2.18. The zero-order chi connectivity index (χ0) is 15.8. The van der Waals surface area contributed by atoms with Crippen LogP contribution in [0.3, 0.4) is 0 Å². The highest BCUT2D eigenvalue weighted by molar-refractivity contribution is 7.12. The minimum atomic E-state index is 0.0866. The molecular weight excluding hydrogens is 302 g/mol. The van der Waals surface area contributed by atoms with Crippen LogP contribution in [0.5, 0.6) is 0 Å². The van der Waals surface area contributed by atoms with Crippen LogP contribution in [0.1, 0.15) is 15.2 Å². The molecule has 0 bridgehead atoms. The molecule has 0 saturated heterocycles. The van der Waals surface area contributed by atoms with Crippen molar-refractivity contribution < 1.29 is 4.79 Å². The Hall–Kier alpha value is -2.65. The van der Waals surface area contributed by atoms with Gasteiger partial charge in [0.15, 0.2) is 0 Å². The van der Waals surface area contributed by atoms with Gasteiger partial charge >= 0.3 is 0 Å². The van der Waals surface area contributed by atoms with E-state index >= 15 is 0 Å². The third kappa shape index (κ3) is 2.39. The summed E-state index contributed by atoms with van der Waals surface area (Å²) in [4.78, 5) is 13.6. The fourth-order valence-electron chi connectivity index (χ4n) is 2.98. The lowest BCUT2D eigenvalue weighted by atomic mass is 9.96. The molecule has 4 aromatic rings. The summed E-state index contributed by atoms with van der Waals surface area (Å²) in [6.07, 6.45) is 3.95. The second kappa shape index (κ2) is 5.52. The van der Waals surface area contributed by atoms with Gasteiger partial charge in [-0.15, -0.1) is 11.3 Å². The number of ketones is 1. The lowest BCUT2D eigenvalue weighted by Crippen LogP contribution is -1.99. The number of fused-ring (bicyclic) bond motifs is 1. The molecule has 0 aliphatic heterocycles. The Labute approximate surface area is 138 Å². The highest BCUT2D eigenvalue weighted by atomic mass is 32.1. The summed E-state index contributed by atoms with van der Waals surface area (Å²) < 4.78 is 1.96. The minimum absolute atomic E-state index is 0.0866. The molecule has 0 saturated carbocycles. The van der Waals surface area contributed by atoms with E-state index in [1.165, 1.54) is 22.1 Å². The third-order valence-corrected chi connectivity index (χ3v) is 4.89. The van der Waals surface area contributed by atoms with Crippen molar-refractivity contribution in [3.8, 4) is 11.1 Å². The molecule has 2 aromatic carbocycles. The number of aromatic nitrogens is 1. The quantitative estimate of drug-likeness (QED) is 0.480. The van der Waals surface area contributed by atoms with Crippen LogP contribution >= 0.6 is 11.3 Å². The number of carbonyl (C=O) groups excluding carboxylic acids is 1. The molecule has 0 unspecified atom stereocenters. The van der Waals surface area contributed by atoms with Crippen LogP contribution in [-0.4, -0.2) is 10.4 Å². The number of carbonyl (C=O) groups is 1. The van der Waals surface area contributed by atoms with E-state index in [0.29, 0.717) is 0 Å². The molecule has 0 fully saturated rings. The number of benzene rings is 2. The fourth-order valence-corrected chi connectivity index (χ4v) is 3.66. The van der Waals surface area contributed by atoms with Gasteiger partial charge in [0.25, 0.3) is 0 Å². The van der Waals surface area contributed by atoms with Gasteiger partial charge in [-0.25, -0.2) is 0 Å². The zero-order valence-corrected chi connectivity index (χ0v) is 13.5. The van der Waals surface area contributed by atoms with Crippen molar-refractivity contribution >= 4 is 27.9 Å². The average molecular weight is 317 g/mol. The molecule has 0 spiro atoms. The SMILES string of the molecule is Cn1cc(C(=O)c2cccs2)c(-c2cccc3ccccc23)c1. The van der Waals surface area contributed by atoms with Crippen molar-refractivity contribution in [3.05, 3.63) is 82.8 Å². The van der Waals surface area contributed by atoms with Crippen molar-refractivity contribution in [1.82, 2.24) is 4.57 Å².